The van der Waals surface area contributed by atoms with Crippen LogP contribution in [0.25, 0.3) is 0 Å². The minimum Gasteiger partial charge on any atom is -0.357 e. The molecule has 1 aromatic rings. The predicted molar refractivity (Wildman–Crippen MR) is 102 cm³/mol. The third-order valence-electron chi connectivity index (χ3n) is 4.55. The van der Waals surface area contributed by atoms with E-state index in [1.54, 1.807) is 0 Å². The van der Waals surface area contributed by atoms with Crippen LogP contribution in [0.5, 0.6) is 0 Å². The number of hydrogen-bond acceptors (Lipinski definition) is 3. The fraction of sp³-hybridized carbons (Fsp3) is 0.632. The van der Waals surface area contributed by atoms with Crippen LogP contribution in [-0.2, 0) is 6.54 Å². The second-order valence-corrected chi connectivity index (χ2v) is 6.71. The maximum absolute atomic E-state index is 13.7. The number of rotatable bonds is 8. The number of hydrogen-bond donors (Lipinski definition) is 2. The van der Waals surface area contributed by atoms with Crippen LogP contribution >= 0.6 is 0 Å². The zero-order valence-corrected chi connectivity index (χ0v) is 15.9. The maximum atomic E-state index is 13.7. The minimum atomic E-state index is -0.446. The van der Waals surface area contributed by atoms with Gasteiger partial charge in [0.1, 0.15) is 11.6 Å². The highest BCUT2D eigenvalue weighted by Gasteiger charge is 2.12. The highest BCUT2D eigenvalue weighted by atomic mass is 19.1. The largest absolute Gasteiger partial charge is 0.357 e. The Labute approximate surface area is 155 Å². The van der Waals surface area contributed by atoms with Crippen LogP contribution in [0.1, 0.15) is 25.3 Å². The Kier molecular flexibility index (Phi) is 8.77. The molecule has 0 unspecified atom stereocenters. The second-order valence-electron chi connectivity index (χ2n) is 6.71. The van der Waals surface area contributed by atoms with Crippen molar-refractivity contribution >= 4 is 5.96 Å². The van der Waals surface area contributed by atoms with E-state index in [1.807, 2.05) is 6.92 Å². The monoisotopic (exact) mass is 367 g/mol. The van der Waals surface area contributed by atoms with Crippen molar-refractivity contribution in [3.05, 3.63) is 35.4 Å². The number of piperazine rings is 1. The Morgan fingerprint density at radius 1 is 1.12 bits per heavy atom. The molecule has 2 rings (SSSR count). The molecule has 0 atom stereocenters. The normalized spacial score (nSPS) is 16.7. The van der Waals surface area contributed by atoms with Crippen molar-refractivity contribution in [2.24, 2.45) is 4.99 Å². The SMILES string of the molecule is CCNC(=NCc1cc(F)ccc1F)NCCCCN1CCN(C)CC1. The average Bonchev–Trinajstić information content (AvgIpc) is 2.63. The number of benzene rings is 1. The molecule has 7 heteroatoms. The Balaban J connectivity index is 1.71. The molecule has 1 saturated heterocycles. The quantitative estimate of drug-likeness (QED) is 0.419. The maximum Gasteiger partial charge on any atom is 0.191 e. The Morgan fingerprint density at radius 2 is 1.88 bits per heavy atom. The molecule has 0 spiro atoms. The van der Waals surface area contributed by atoms with Crippen LogP contribution in [0.3, 0.4) is 0 Å². The van der Waals surface area contributed by atoms with Crippen molar-refractivity contribution in [3.8, 4) is 0 Å². The van der Waals surface area contributed by atoms with Gasteiger partial charge in [-0.15, -0.1) is 0 Å². The summed E-state index contributed by atoms with van der Waals surface area (Å²) in [6.45, 7) is 9.33. The topological polar surface area (TPSA) is 42.9 Å². The number of nitrogens with zero attached hydrogens (tertiary/aromatic N) is 3. The Bertz CT molecular complexity index is 571. The van der Waals surface area contributed by atoms with Gasteiger partial charge in [0.2, 0.25) is 0 Å². The lowest BCUT2D eigenvalue weighted by Gasteiger charge is -2.32. The summed E-state index contributed by atoms with van der Waals surface area (Å²) in [6.07, 6.45) is 2.18. The highest BCUT2D eigenvalue weighted by molar-refractivity contribution is 5.79. The van der Waals surface area contributed by atoms with Gasteiger partial charge in [0, 0.05) is 44.8 Å². The number of guanidine groups is 1. The third-order valence-corrected chi connectivity index (χ3v) is 4.55. The van der Waals surface area contributed by atoms with Crippen molar-refractivity contribution in [2.45, 2.75) is 26.3 Å². The smallest absolute Gasteiger partial charge is 0.191 e. The number of likely N-dealkylation sites (N-methyl/N-ethyl adjacent to an activating group) is 1. The van der Waals surface area contributed by atoms with Gasteiger partial charge in [-0.25, -0.2) is 13.8 Å². The first-order valence-electron chi connectivity index (χ1n) is 9.45. The van der Waals surface area contributed by atoms with E-state index in [0.29, 0.717) is 5.96 Å². The van der Waals surface area contributed by atoms with E-state index in [0.717, 1.165) is 70.8 Å². The molecule has 1 aliphatic heterocycles. The molecule has 0 amide bonds. The fourth-order valence-electron chi connectivity index (χ4n) is 2.91. The molecule has 0 bridgehead atoms. The van der Waals surface area contributed by atoms with Gasteiger partial charge < -0.3 is 20.4 Å². The molecule has 1 aliphatic rings. The van der Waals surface area contributed by atoms with Gasteiger partial charge in [0.15, 0.2) is 5.96 Å². The lowest BCUT2D eigenvalue weighted by molar-refractivity contribution is 0.152. The lowest BCUT2D eigenvalue weighted by atomic mass is 10.2. The molecule has 1 fully saturated rings. The summed E-state index contributed by atoms with van der Waals surface area (Å²) in [7, 11) is 2.17. The molecule has 0 radical (unpaired) electrons. The van der Waals surface area contributed by atoms with E-state index < -0.39 is 11.6 Å². The first-order chi connectivity index (χ1) is 12.6. The summed E-state index contributed by atoms with van der Waals surface area (Å²) in [6, 6.07) is 3.45. The molecule has 5 nitrogen and oxygen atoms in total. The predicted octanol–water partition coefficient (Wildman–Crippen LogP) is 2.05. The molecule has 0 aromatic heterocycles. The van der Waals surface area contributed by atoms with Gasteiger partial charge in [-0.3, -0.25) is 0 Å². The van der Waals surface area contributed by atoms with Crippen molar-refractivity contribution < 1.29 is 8.78 Å². The van der Waals surface area contributed by atoms with Crippen molar-refractivity contribution in [2.75, 3.05) is 52.9 Å². The first-order valence-corrected chi connectivity index (χ1v) is 9.45. The molecule has 0 saturated carbocycles. The standard InChI is InChI=1S/C19H31F2N5/c1-3-22-19(24-15-16-14-17(20)6-7-18(16)21)23-8-4-5-9-26-12-10-25(2)11-13-26/h6-7,14H,3-5,8-13,15H2,1-2H3,(H2,22,23,24). The van der Waals surface area contributed by atoms with E-state index in [9.17, 15) is 8.78 Å². The van der Waals surface area contributed by atoms with Crippen LogP contribution in [0, 0.1) is 11.6 Å². The first kappa shape index (κ1) is 20.6. The van der Waals surface area contributed by atoms with Gasteiger partial charge in [-0.2, -0.15) is 0 Å². The van der Waals surface area contributed by atoms with E-state index in [1.165, 1.54) is 6.07 Å². The van der Waals surface area contributed by atoms with E-state index >= 15 is 0 Å². The molecule has 146 valence electrons. The molecular weight excluding hydrogens is 336 g/mol. The second kappa shape index (κ2) is 11.1. The molecule has 1 heterocycles. The van der Waals surface area contributed by atoms with Crippen LogP contribution < -0.4 is 10.6 Å². The molecule has 26 heavy (non-hydrogen) atoms. The van der Waals surface area contributed by atoms with Gasteiger partial charge in [0.05, 0.1) is 6.54 Å². The van der Waals surface area contributed by atoms with Crippen molar-refractivity contribution in [1.29, 1.82) is 0 Å². The molecule has 1 aromatic carbocycles. The number of nitrogens with one attached hydrogen (secondary N) is 2. The van der Waals surface area contributed by atoms with Crippen LogP contribution in [-0.4, -0.2) is 68.6 Å². The van der Waals surface area contributed by atoms with Crippen molar-refractivity contribution in [3.63, 3.8) is 0 Å². The summed E-state index contributed by atoms with van der Waals surface area (Å²) >= 11 is 0. The summed E-state index contributed by atoms with van der Waals surface area (Å²) < 4.78 is 26.9. The highest BCUT2D eigenvalue weighted by Crippen LogP contribution is 2.10. The van der Waals surface area contributed by atoms with E-state index in [4.69, 9.17) is 0 Å². The van der Waals surface area contributed by atoms with E-state index in [2.05, 4.69) is 32.5 Å². The number of halogens is 2. The summed E-state index contributed by atoms with van der Waals surface area (Å²) in [5.41, 5.74) is 0.261. The van der Waals surface area contributed by atoms with E-state index in [-0.39, 0.29) is 12.1 Å². The van der Waals surface area contributed by atoms with Gasteiger partial charge in [-0.05, 0) is 51.6 Å². The summed E-state index contributed by atoms with van der Waals surface area (Å²) in [5, 5.41) is 6.40. The zero-order chi connectivity index (χ0) is 18.8. The van der Waals surface area contributed by atoms with Gasteiger partial charge in [0.25, 0.3) is 0 Å². The summed E-state index contributed by atoms with van der Waals surface area (Å²) in [4.78, 5) is 9.22. The van der Waals surface area contributed by atoms with Crippen LogP contribution in [0.15, 0.2) is 23.2 Å². The Morgan fingerprint density at radius 3 is 2.62 bits per heavy atom. The minimum absolute atomic E-state index is 0.111. The lowest BCUT2D eigenvalue weighted by Crippen LogP contribution is -2.44. The fourth-order valence-corrected chi connectivity index (χ4v) is 2.91. The molecule has 2 N–H and O–H groups in total. The van der Waals surface area contributed by atoms with Crippen molar-refractivity contribution in [1.82, 2.24) is 20.4 Å². The Hall–Kier alpha value is -1.73. The number of unbranched alkanes of at least 4 members (excludes halogenated alkanes) is 1. The molecule has 0 aliphatic carbocycles. The number of aliphatic imine (C=N–C) groups is 1. The van der Waals surface area contributed by atoms with Gasteiger partial charge in [-0.1, -0.05) is 0 Å². The van der Waals surface area contributed by atoms with Crippen LogP contribution in [0.4, 0.5) is 8.78 Å². The third kappa shape index (κ3) is 7.25. The molecular formula is C19H31F2N5. The summed E-state index contributed by atoms with van der Waals surface area (Å²) in [5.74, 6) is -0.243. The zero-order valence-electron chi connectivity index (χ0n) is 15.9. The average molecular weight is 367 g/mol. The van der Waals surface area contributed by atoms with Gasteiger partial charge >= 0.3 is 0 Å². The van der Waals surface area contributed by atoms with Crippen LogP contribution in [0.2, 0.25) is 0 Å².